The minimum absolute atomic E-state index is 0.0660. The summed E-state index contributed by atoms with van der Waals surface area (Å²) in [5.41, 5.74) is 1.59. The van der Waals surface area contributed by atoms with Gasteiger partial charge < -0.3 is 10.2 Å². The number of rotatable bonds is 11. The monoisotopic (exact) mass is 527 g/mol. The summed E-state index contributed by atoms with van der Waals surface area (Å²) < 4.78 is 26.9. The third kappa shape index (κ3) is 7.43. The lowest BCUT2D eigenvalue weighted by Gasteiger charge is -2.30. The van der Waals surface area contributed by atoms with Gasteiger partial charge in [-0.2, -0.15) is 4.31 Å². The van der Waals surface area contributed by atoms with Crippen molar-refractivity contribution in [1.29, 1.82) is 0 Å². The van der Waals surface area contributed by atoms with Crippen LogP contribution in [0.15, 0.2) is 47.4 Å². The predicted octanol–water partition coefficient (Wildman–Crippen LogP) is 4.26. The summed E-state index contributed by atoms with van der Waals surface area (Å²) in [5, 5.41) is 3.53. The molecule has 0 aromatic heterocycles. The van der Waals surface area contributed by atoms with E-state index in [9.17, 15) is 18.0 Å². The van der Waals surface area contributed by atoms with E-state index in [1.165, 1.54) is 24.1 Å². The van der Waals surface area contributed by atoms with E-state index in [4.69, 9.17) is 23.2 Å². The number of benzene rings is 2. The Morgan fingerprint density at radius 2 is 1.71 bits per heavy atom. The maximum Gasteiger partial charge on any atom is 0.243 e. The number of nitrogens with zero attached hydrogens (tertiary/aromatic N) is 2. The maximum atomic E-state index is 13.3. The molecule has 0 unspecified atom stereocenters. The van der Waals surface area contributed by atoms with E-state index in [0.717, 1.165) is 22.7 Å². The molecule has 34 heavy (non-hydrogen) atoms. The van der Waals surface area contributed by atoms with E-state index in [1.54, 1.807) is 37.3 Å². The van der Waals surface area contributed by atoms with Crippen molar-refractivity contribution in [3.63, 3.8) is 0 Å². The summed E-state index contributed by atoms with van der Waals surface area (Å²) in [6, 6.07) is 10.5. The Hall–Kier alpha value is -2.13. The first-order valence-electron chi connectivity index (χ1n) is 11.0. The number of hydrogen-bond acceptors (Lipinski definition) is 4. The zero-order valence-corrected chi connectivity index (χ0v) is 22.2. The van der Waals surface area contributed by atoms with Crippen molar-refractivity contribution in [1.82, 2.24) is 14.5 Å². The third-order valence-electron chi connectivity index (χ3n) is 5.42. The van der Waals surface area contributed by atoms with Crippen LogP contribution in [0.5, 0.6) is 0 Å². The van der Waals surface area contributed by atoms with Crippen molar-refractivity contribution >= 4 is 45.0 Å². The second-order valence-electron chi connectivity index (χ2n) is 8.16. The van der Waals surface area contributed by atoms with Crippen molar-refractivity contribution in [3.05, 3.63) is 63.6 Å². The van der Waals surface area contributed by atoms with Gasteiger partial charge in [0, 0.05) is 20.1 Å². The summed E-state index contributed by atoms with van der Waals surface area (Å²) in [6.45, 7) is 5.62. The van der Waals surface area contributed by atoms with Gasteiger partial charge in [-0.15, -0.1) is 0 Å². The van der Waals surface area contributed by atoms with Gasteiger partial charge in [0.1, 0.15) is 6.04 Å². The molecule has 2 rings (SSSR count). The van der Waals surface area contributed by atoms with Gasteiger partial charge in [0.15, 0.2) is 0 Å². The van der Waals surface area contributed by atoms with Crippen molar-refractivity contribution in [2.75, 3.05) is 20.1 Å². The molecule has 0 saturated carbocycles. The number of carbonyl (C=O) groups excluding carboxylic acids is 2. The van der Waals surface area contributed by atoms with Crippen molar-refractivity contribution in [2.45, 2.75) is 51.1 Å². The normalized spacial score (nSPS) is 12.4. The van der Waals surface area contributed by atoms with Gasteiger partial charge in [-0.3, -0.25) is 9.59 Å². The molecule has 0 radical (unpaired) electrons. The van der Waals surface area contributed by atoms with Crippen LogP contribution in [0.25, 0.3) is 0 Å². The van der Waals surface area contributed by atoms with Crippen LogP contribution in [0.2, 0.25) is 10.0 Å². The molecule has 0 bridgehead atoms. The summed E-state index contributed by atoms with van der Waals surface area (Å²) in [5.74, 6) is -0.826. The van der Waals surface area contributed by atoms with Crippen LogP contribution >= 0.6 is 23.2 Å². The number of hydrogen-bond donors (Lipinski definition) is 1. The largest absolute Gasteiger partial charge is 0.354 e. The average molecular weight is 529 g/mol. The Kier molecular flexibility index (Phi) is 10.4. The van der Waals surface area contributed by atoms with Crippen LogP contribution in [0, 0.1) is 6.92 Å². The molecular weight excluding hydrogens is 497 g/mol. The fourth-order valence-corrected chi connectivity index (χ4v) is 4.65. The zero-order valence-electron chi connectivity index (χ0n) is 19.8. The highest BCUT2D eigenvalue weighted by Gasteiger charge is 2.30. The number of sulfonamides is 1. The molecule has 1 N–H and O–H groups in total. The Morgan fingerprint density at radius 1 is 1.06 bits per heavy atom. The van der Waals surface area contributed by atoms with Gasteiger partial charge in [-0.25, -0.2) is 8.42 Å². The molecule has 0 spiro atoms. The second kappa shape index (κ2) is 12.5. The van der Waals surface area contributed by atoms with E-state index in [0.29, 0.717) is 22.2 Å². The molecule has 10 heteroatoms. The number of nitrogens with one attached hydrogen (secondary N) is 1. The summed E-state index contributed by atoms with van der Waals surface area (Å²) >= 11 is 12.1. The van der Waals surface area contributed by atoms with Crippen LogP contribution in [-0.4, -0.2) is 55.6 Å². The molecule has 186 valence electrons. The highest BCUT2D eigenvalue weighted by atomic mass is 35.5. The Balaban J connectivity index is 2.26. The van der Waals surface area contributed by atoms with Crippen LogP contribution in [0.4, 0.5) is 0 Å². The number of amides is 2. The summed E-state index contributed by atoms with van der Waals surface area (Å²) in [7, 11) is -2.54. The number of aryl methyl sites for hydroxylation is 1. The second-order valence-corrected chi connectivity index (χ2v) is 11.0. The van der Waals surface area contributed by atoms with Gasteiger partial charge in [-0.05, 0) is 50.1 Å². The topological polar surface area (TPSA) is 86.8 Å². The number of carbonyl (C=O) groups is 2. The molecule has 7 nitrogen and oxygen atoms in total. The quantitative estimate of drug-likeness (QED) is 0.442. The zero-order chi connectivity index (χ0) is 25.5. The first-order valence-corrected chi connectivity index (χ1v) is 13.2. The molecule has 0 heterocycles. The standard InChI is InChI=1S/C24H31Cl2N3O4S/c1-5-6-13-27-24(31)18(3)29(15-19-9-12-21(25)22(26)14-19)23(30)16-28(4)34(32,33)20-10-7-17(2)8-11-20/h7-12,14,18H,5-6,13,15-16H2,1-4H3,(H,27,31)/t18-/m1/s1. The molecule has 0 fully saturated rings. The number of halogens is 2. The molecule has 1 atom stereocenters. The van der Waals surface area contributed by atoms with Crippen molar-refractivity contribution in [2.24, 2.45) is 0 Å². The maximum absolute atomic E-state index is 13.3. The molecule has 0 aliphatic rings. The van der Waals surface area contributed by atoms with Gasteiger partial charge in [0.2, 0.25) is 21.8 Å². The predicted molar refractivity (Wildman–Crippen MR) is 135 cm³/mol. The fourth-order valence-electron chi connectivity index (χ4n) is 3.21. The van der Waals surface area contributed by atoms with Gasteiger partial charge in [0.25, 0.3) is 0 Å². The Bertz CT molecular complexity index is 1110. The van der Waals surface area contributed by atoms with Gasteiger partial charge >= 0.3 is 0 Å². The Morgan fingerprint density at radius 3 is 2.29 bits per heavy atom. The fraction of sp³-hybridized carbons (Fsp3) is 0.417. The number of unbranched alkanes of at least 4 members (excludes halogenated alkanes) is 1. The lowest BCUT2D eigenvalue weighted by atomic mass is 10.1. The first kappa shape index (κ1) is 28.1. The van der Waals surface area contributed by atoms with Crippen LogP contribution < -0.4 is 5.32 Å². The van der Waals surface area contributed by atoms with Crippen molar-refractivity contribution in [3.8, 4) is 0 Å². The molecule has 2 aromatic carbocycles. The minimum atomic E-state index is -3.89. The van der Waals surface area contributed by atoms with Crippen molar-refractivity contribution < 1.29 is 18.0 Å². The highest BCUT2D eigenvalue weighted by Crippen LogP contribution is 2.24. The van der Waals surface area contributed by atoms with E-state index in [2.05, 4.69) is 5.32 Å². The molecule has 0 aliphatic heterocycles. The molecule has 0 saturated heterocycles. The summed E-state index contributed by atoms with van der Waals surface area (Å²) in [4.78, 5) is 27.5. The smallest absolute Gasteiger partial charge is 0.243 e. The summed E-state index contributed by atoms with van der Waals surface area (Å²) in [6.07, 6.45) is 1.74. The SMILES string of the molecule is CCCCNC(=O)[C@@H](C)N(Cc1ccc(Cl)c(Cl)c1)C(=O)CN(C)S(=O)(=O)c1ccc(C)cc1. The number of likely N-dealkylation sites (N-methyl/N-ethyl adjacent to an activating group) is 1. The van der Waals surface area contributed by atoms with Crippen LogP contribution in [-0.2, 0) is 26.2 Å². The van der Waals surface area contributed by atoms with Gasteiger partial charge in [-0.1, -0.05) is 60.3 Å². The molecule has 0 aliphatic carbocycles. The average Bonchev–Trinajstić information content (AvgIpc) is 2.79. The van der Waals surface area contributed by atoms with E-state index in [1.807, 2.05) is 13.8 Å². The molecular formula is C24H31Cl2N3O4S. The first-order chi connectivity index (χ1) is 16.0. The van der Waals surface area contributed by atoms with Crippen LogP contribution in [0.3, 0.4) is 0 Å². The van der Waals surface area contributed by atoms with E-state index < -0.39 is 28.5 Å². The van der Waals surface area contributed by atoms with E-state index >= 15 is 0 Å². The van der Waals surface area contributed by atoms with Gasteiger partial charge in [0.05, 0.1) is 21.5 Å². The van der Waals surface area contributed by atoms with Crippen LogP contribution in [0.1, 0.15) is 37.8 Å². The lowest BCUT2D eigenvalue weighted by molar-refractivity contribution is -0.140. The van der Waals surface area contributed by atoms with E-state index in [-0.39, 0.29) is 17.3 Å². The minimum Gasteiger partial charge on any atom is -0.354 e. The third-order valence-corrected chi connectivity index (χ3v) is 7.98. The Labute approximate surface area is 212 Å². The molecule has 2 aromatic rings. The lowest BCUT2D eigenvalue weighted by Crippen LogP contribution is -2.50. The highest BCUT2D eigenvalue weighted by molar-refractivity contribution is 7.89. The molecule has 2 amide bonds.